The molecular weight excluding hydrogens is 292 g/mol. The van der Waals surface area contributed by atoms with Gasteiger partial charge in [0, 0.05) is 42.0 Å². The molecule has 0 saturated carbocycles. The smallest absolute Gasteiger partial charge is 0.207 e. The predicted molar refractivity (Wildman–Crippen MR) is 85.8 cm³/mol. The first-order chi connectivity index (χ1) is 11.4. The first kappa shape index (κ1) is 13.4. The summed E-state index contributed by atoms with van der Waals surface area (Å²) in [6, 6.07) is 7.94. The molecule has 0 fully saturated rings. The summed E-state index contributed by atoms with van der Waals surface area (Å²) < 4.78 is 1.61. The van der Waals surface area contributed by atoms with Crippen molar-refractivity contribution in [1.29, 1.82) is 0 Å². The summed E-state index contributed by atoms with van der Waals surface area (Å²) >= 11 is 0. The summed E-state index contributed by atoms with van der Waals surface area (Å²) in [5.74, 6) is 0. The third-order valence-corrected chi connectivity index (χ3v) is 3.80. The number of amides is 1. The van der Waals surface area contributed by atoms with Crippen molar-refractivity contribution in [3.63, 3.8) is 0 Å². The van der Waals surface area contributed by atoms with Crippen LogP contribution in [0.4, 0.5) is 0 Å². The average molecular weight is 306 g/mol. The molecule has 4 heterocycles. The summed E-state index contributed by atoms with van der Waals surface area (Å²) in [5, 5.41) is 12.2. The van der Waals surface area contributed by atoms with Crippen LogP contribution in [0.15, 0.2) is 42.9 Å². The van der Waals surface area contributed by atoms with Crippen LogP contribution in [0.2, 0.25) is 0 Å². The zero-order valence-corrected chi connectivity index (χ0v) is 12.2. The van der Waals surface area contributed by atoms with E-state index in [1.165, 1.54) is 0 Å². The fraction of sp³-hybridized carbons (Fsp3) is 0.125. The van der Waals surface area contributed by atoms with E-state index in [0.29, 0.717) is 13.0 Å². The molecule has 2 N–H and O–H groups in total. The third kappa shape index (κ3) is 2.32. The van der Waals surface area contributed by atoms with Gasteiger partial charge in [-0.15, -0.1) is 0 Å². The fourth-order valence-corrected chi connectivity index (χ4v) is 2.76. The normalized spacial score (nSPS) is 11.1. The molecule has 1 amide bonds. The summed E-state index contributed by atoms with van der Waals surface area (Å²) in [5.41, 5.74) is 4.88. The van der Waals surface area contributed by atoms with Crippen LogP contribution in [-0.2, 0) is 11.2 Å². The Labute approximate surface area is 131 Å². The van der Waals surface area contributed by atoms with Gasteiger partial charge in [0.05, 0.1) is 11.7 Å². The van der Waals surface area contributed by atoms with Crippen molar-refractivity contribution in [2.24, 2.45) is 0 Å². The summed E-state index contributed by atoms with van der Waals surface area (Å²) in [6.07, 6.45) is 6.74. The number of carbonyl (C=O) groups is 1. The predicted octanol–water partition coefficient (Wildman–Crippen LogP) is 1.56. The highest BCUT2D eigenvalue weighted by Gasteiger charge is 2.12. The second-order valence-corrected chi connectivity index (χ2v) is 5.19. The van der Waals surface area contributed by atoms with E-state index in [9.17, 15) is 4.79 Å². The van der Waals surface area contributed by atoms with Crippen molar-refractivity contribution in [1.82, 2.24) is 30.1 Å². The highest BCUT2D eigenvalue weighted by Crippen LogP contribution is 2.30. The number of nitrogens with one attached hydrogen (secondary N) is 2. The lowest BCUT2D eigenvalue weighted by molar-refractivity contribution is -0.109. The number of aromatic amines is 1. The molecule has 0 unspecified atom stereocenters. The number of carbonyl (C=O) groups excluding carboxylic acids is 1. The number of H-pyrrole nitrogens is 1. The topological polar surface area (TPSA) is 88.0 Å². The maximum absolute atomic E-state index is 10.4. The van der Waals surface area contributed by atoms with Gasteiger partial charge in [0.1, 0.15) is 5.65 Å². The Morgan fingerprint density at radius 1 is 1.22 bits per heavy atom. The minimum absolute atomic E-state index is 0.590. The highest BCUT2D eigenvalue weighted by atomic mass is 16.1. The Bertz CT molecular complexity index is 986. The fourth-order valence-electron chi connectivity index (χ4n) is 2.76. The van der Waals surface area contributed by atoms with Gasteiger partial charge in [-0.1, -0.05) is 0 Å². The Kier molecular flexibility index (Phi) is 3.23. The van der Waals surface area contributed by atoms with Crippen LogP contribution < -0.4 is 5.32 Å². The van der Waals surface area contributed by atoms with E-state index in [0.717, 1.165) is 39.8 Å². The van der Waals surface area contributed by atoms with Crippen molar-refractivity contribution in [2.45, 2.75) is 6.42 Å². The van der Waals surface area contributed by atoms with Crippen molar-refractivity contribution in [3.8, 4) is 11.1 Å². The summed E-state index contributed by atoms with van der Waals surface area (Å²) in [4.78, 5) is 18.0. The molecule has 114 valence electrons. The maximum atomic E-state index is 10.4. The minimum atomic E-state index is 0.590. The molecule has 0 atom stereocenters. The van der Waals surface area contributed by atoms with Crippen LogP contribution in [0.5, 0.6) is 0 Å². The molecule has 4 aromatic heterocycles. The molecular formula is C16H14N6O. The van der Waals surface area contributed by atoms with E-state index in [1.807, 2.05) is 24.4 Å². The van der Waals surface area contributed by atoms with E-state index < -0.39 is 0 Å². The molecule has 23 heavy (non-hydrogen) atoms. The van der Waals surface area contributed by atoms with Crippen molar-refractivity contribution >= 4 is 23.0 Å². The van der Waals surface area contributed by atoms with Gasteiger partial charge in [-0.05, 0) is 29.8 Å². The molecule has 7 nitrogen and oxygen atoms in total. The number of hydrogen-bond acceptors (Lipinski definition) is 4. The zero-order chi connectivity index (χ0) is 15.6. The number of aromatic nitrogens is 5. The molecule has 0 saturated heterocycles. The lowest BCUT2D eigenvalue weighted by atomic mass is 10.1. The van der Waals surface area contributed by atoms with Crippen LogP contribution in [0.25, 0.3) is 27.7 Å². The van der Waals surface area contributed by atoms with E-state index in [4.69, 9.17) is 0 Å². The maximum Gasteiger partial charge on any atom is 0.207 e. The third-order valence-electron chi connectivity index (χ3n) is 3.80. The Morgan fingerprint density at radius 3 is 3.09 bits per heavy atom. The monoisotopic (exact) mass is 306 g/mol. The quantitative estimate of drug-likeness (QED) is 0.432. The summed E-state index contributed by atoms with van der Waals surface area (Å²) in [6.45, 7) is 0.590. The van der Waals surface area contributed by atoms with Crippen molar-refractivity contribution in [3.05, 3.63) is 48.5 Å². The van der Waals surface area contributed by atoms with Gasteiger partial charge in [-0.3, -0.25) is 4.79 Å². The van der Waals surface area contributed by atoms with E-state index in [2.05, 4.69) is 31.5 Å². The van der Waals surface area contributed by atoms with Gasteiger partial charge in [-0.25, -0.2) is 4.98 Å². The molecule has 0 aromatic carbocycles. The highest BCUT2D eigenvalue weighted by molar-refractivity contribution is 5.97. The van der Waals surface area contributed by atoms with E-state index in [1.54, 1.807) is 17.0 Å². The Morgan fingerprint density at radius 2 is 2.17 bits per heavy atom. The largest absolute Gasteiger partial charge is 0.358 e. The summed E-state index contributed by atoms with van der Waals surface area (Å²) in [7, 11) is 0. The van der Waals surface area contributed by atoms with Gasteiger partial charge in [0.15, 0.2) is 0 Å². The number of rotatable bonds is 5. The molecule has 0 radical (unpaired) electrons. The lowest BCUT2D eigenvalue weighted by Crippen LogP contribution is -2.14. The SMILES string of the molecule is O=CNCCc1cc2c(-c3cnn4ncccc34)ccnc2[nH]1. The van der Waals surface area contributed by atoms with Crippen molar-refractivity contribution < 1.29 is 4.79 Å². The van der Waals surface area contributed by atoms with Gasteiger partial charge < -0.3 is 10.3 Å². The standard InChI is InChI=1S/C16H14N6O/c23-10-17-6-3-11-8-13-12(4-7-18-16(13)21-11)14-9-20-22-15(14)2-1-5-19-22/h1-2,4-5,7-10H,3,6H2,(H,17,23)(H,18,21). The molecule has 0 aliphatic carbocycles. The number of fused-ring (bicyclic) bond motifs is 2. The van der Waals surface area contributed by atoms with Crippen LogP contribution in [0.1, 0.15) is 5.69 Å². The van der Waals surface area contributed by atoms with E-state index >= 15 is 0 Å². The molecule has 4 aromatic rings. The van der Waals surface area contributed by atoms with Gasteiger partial charge in [0.25, 0.3) is 0 Å². The van der Waals surface area contributed by atoms with Crippen LogP contribution >= 0.6 is 0 Å². The second-order valence-electron chi connectivity index (χ2n) is 5.19. The molecule has 4 rings (SSSR count). The van der Waals surface area contributed by atoms with Crippen LogP contribution in [0, 0.1) is 0 Å². The number of pyridine rings is 1. The first-order valence-corrected chi connectivity index (χ1v) is 7.30. The van der Waals surface area contributed by atoms with Crippen LogP contribution in [-0.4, -0.2) is 37.8 Å². The van der Waals surface area contributed by atoms with Crippen molar-refractivity contribution in [2.75, 3.05) is 6.54 Å². The molecule has 0 aliphatic rings. The van der Waals surface area contributed by atoms with Gasteiger partial charge in [-0.2, -0.15) is 14.8 Å². The molecule has 0 aliphatic heterocycles. The minimum Gasteiger partial charge on any atom is -0.358 e. The molecule has 0 bridgehead atoms. The molecule has 0 spiro atoms. The number of nitrogens with zero attached hydrogens (tertiary/aromatic N) is 4. The first-order valence-electron chi connectivity index (χ1n) is 7.30. The van der Waals surface area contributed by atoms with Gasteiger partial charge in [0.2, 0.25) is 6.41 Å². The van der Waals surface area contributed by atoms with Gasteiger partial charge >= 0.3 is 0 Å². The van der Waals surface area contributed by atoms with Crippen LogP contribution in [0.3, 0.4) is 0 Å². The average Bonchev–Trinajstić information content (AvgIpc) is 3.18. The number of hydrogen-bond donors (Lipinski definition) is 2. The zero-order valence-electron chi connectivity index (χ0n) is 12.2. The second kappa shape index (κ2) is 5.53. The Balaban J connectivity index is 1.82. The Hall–Kier alpha value is -3.22. The van der Waals surface area contributed by atoms with E-state index in [-0.39, 0.29) is 0 Å². The molecule has 7 heteroatoms. The lowest BCUT2D eigenvalue weighted by Gasteiger charge is -2.00.